The quantitative estimate of drug-likeness (QED) is 0.762. The van der Waals surface area contributed by atoms with Gasteiger partial charge in [0, 0.05) is 19.5 Å². The van der Waals surface area contributed by atoms with E-state index in [0.29, 0.717) is 15.5 Å². The van der Waals surface area contributed by atoms with Crippen molar-refractivity contribution in [3.05, 3.63) is 40.4 Å². The van der Waals surface area contributed by atoms with Crippen LogP contribution in [-0.4, -0.2) is 52.1 Å². The van der Waals surface area contributed by atoms with Gasteiger partial charge < -0.3 is 10.0 Å². The largest absolute Gasteiger partial charge is 0.416 e. The van der Waals surface area contributed by atoms with Crippen LogP contribution in [0.5, 0.6) is 0 Å². The number of aromatic nitrogens is 2. The van der Waals surface area contributed by atoms with Crippen LogP contribution in [0.15, 0.2) is 18.2 Å². The molecule has 0 saturated heterocycles. The van der Waals surface area contributed by atoms with E-state index in [1.807, 2.05) is 0 Å². The number of likely N-dealkylation sites (N-methyl/N-ethyl adjacent to an activating group) is 1. The van der Waals surface area contributed by atoms with Crippen LogP contribution < -0.4 is 5.32 Å². The average Bonchev–Trinajstić information content (AvgIpc) is 2.91. The van der Waals surface area contributed by atoms with Crippen molar-refractivity contribution in [2.75, 3.05) is 18.9 Å². The molecule has 0 aliphatic carbocycles. The third-order valence-electron chi connectivity index (χ3n) is 3.13. The van der Waals surface area contributed by atoms with Crippen LogP contribution in [0.2, 0.25) is 0 Å². The molecule has 2 rings (SSSR count). The molecule has 2 amide bonds. The fourth-order valence-electron chi connectivity index (χ4n) is 1.90. The Balaban J connectivity index is 1.96. The average molecular weight is 396 g/mol. The van der Waals surface area contributed by atoms with Crippen molar-refractivity contribution >= 4 is 22.5 Å². The Labute approximate surface area is 148 Å². The number of aliphatic hydroxyl groups is 1. The molecule has 1 heterocycles. The second-order valence-electron chi connectivity index (χ2n) is 5.32. The number of rotatable bonds is 5. The van der Waals surface area contributed by atoms with E-state index in [0.717, 1.165) is 36.6 Å². The summed E-state index contributed by atoms with van der Waals surface area (Å²) in [6, 6.07) is 2.04. The van der Waals surface area contributed by atoms with Gasteiger partial charge in [-0.05, 0) is 17.7 Å². The first kappa shape index (κ1) is 20.0. The molecule has 26 heavy (non-hydrogen) atoms. The molecule has 2 aromatic rings. The minimum Gasteiger partial charge on any atom is -0.382 e. The van der Waals surface area contributed by atoms with Crippen molar-refractivity contribution in [3.63, 3.8) is 0 Å². The van der Waals surface area contributed by atoms with E-state index in [9.17, 15) is 26.7 Å². The van der Waals surface area contributed by atoms with Gasteiger partial charge in [0.15, 0.2) is 6.10 Å². The van der Waals surface area contributed by atoms with Gasteiger partial charge in [0.25, 0.3) is 0 Å². The summed E-state index contributed by atoms with van der Waals surface area (Å²) >= 11 is 0.899. The molecule has 0 spiro atoms. The van der Waals surface area contributed by atoms with Crippen molar-refractivity contribution in [1.82, 2.24) is 15.1 Å². The van der Waals surface area contributed by atoms with Crippen molar-refractivity contribution in [3.8, 4) is 0 Å². The van der Waals surface area contributed by atoms with Crippen LogP contribution in [0, 0.1) is 11.6 Å². The number of nitrogens with one attached hydrogen (secondary N) is 1. The summed E-state index contributed by atoms with van der Waals surface area (Å²) in [6.45, 7) is -0.955. The predicted octanol–water partition coefficient (Wildman–Crippen LogP) is 2.79. The zero-order valence-corrected chi connectivity index (χ0v) is 14.0. The Hall–Kier alpha value is -2.34. The molecule has 0 radical (unpaired) electrons. The normalized spacial score (nSPS) is 12.7. The molecule has 0 unspecified atom stereocenters. The number of amides is 2. The van der Waals surface area contributed by atoms with Crippen molar-refractivity contribution in [2.45, 2.75) is 18.7 Å². The Morgan fingerprint density at radius 3 is 2.46 bits per heavy atom. The second kappa shape index (κ2) is 7.91. The first-order chi connectivity index (χ1) is 12.0. The summed E-state index contributed by atoms with van der Waals surface area (Å²) in [6.07, 6.45) is -7.46. The number of aliphatic hydroxyl groups excluding tert-OH is 1. The molecular formula is C14H13F5N4O2S. The minimum absolute atomic E-state index is 0.00442. The maximum absolute atomic E-state index is 13.1. The van der Waals surface area contributed by atoms with Gasteiger partial charge in [0.05, 0.1) is 6.54 Å². The van der Waals surface area contributed by atoms with Crippen LogP contribution >= 0.6 is 11.3 Å². The second-order valence-corrected chi connectivity index (χ2v) is 6.39. The third kappa shape index (κ3) is 5.59. The van der Waals surface area contributed by atoms with Crippen LogP contribution in [-0.2, 0) is 6.42 Å². The van der Waals surface area contributed by atoms with Gasteiger partial charge in [0.1, 0.15) is 16.6 Å². The first-order valence-electron chi connectivity index (χ1n) is 7.09. The Bertz CT molecular complexity index is 763. The number of benzene rings is 1. The third-order valence-corrected chi connectivity index (χ3v) is 3.97. The molecule has 0 fully saturated rings. The van der Waals surface area contributed by atoms with E-state index < -0.39 is 36.5 Å². The zero-order valence-electron chi connectivity index (χ0n) is 13.2. The molecule has 0 aliphatic rings. The summed E-state index contributed by atoms with van der Waals surface area (Å²) in [5.74, 6) is -1.49. The van der Waals surface area contributed by atoms with E-state index in [1.165, 1.54) is 0 Å². The summed E-state index contributed by atoms with van der Waals surface area (Å²) in [5.41, 5.74) is 0.307. The van der Waals surface area contributed by atoms with Gasteiger partial charge in [-0.1, -0.05) is 11.3 Å². The standard InChI is InChI=1S/C14H13F5N4O2S/c1-23(6-10(24)14(17,18)19)13(25)20-12-22-21-11(26-12)4-7-2-8(15)5-9(16)3-7/h2-3,5,10,24H,4,6H2,1H3,(H,20,22,25)/t10-/m1/s1. The highest BCUT2D eigenvalue weighted by Gasteiger charge is 2.39. The SMILES string of the molecule is CN(C[C@@H](O)C(F)(F)F)C(=O)Nc1nnc(Cc2cc(F)cc(F)c2)s1. The smallest absolute Gasteiger partial charge is 0.382 e. The number of hydrogen-bond acceptors (Lipinski definition) is 5. The molecule has 6 nitrogen and oxygen atoms in total. The van der Waals surface area contributed by atoms with Crippen LogP contribution in [0.4, 0.5) is 31.9 Å². The number of nitrogens with zero attached hydrogens (tertiary/aromatic N) is 3. The van der Waals surface area contributed by atoms with Gasteiger partial charge in [0.2, 0.25) is 5.13 Å². The molecule has 1 atom stereocenters. The molecule has 2 N–H and O–H groups in total. The van der Waals surface area contributed by atoms with E-state index in [1.54, 1.807) is 0 Å². The predicted molar refractivity (Wildman–Crippen MR) is 82.8 cm³/mol. The summed E-state index contributed by atoms with van der Waals surface area (Å²) in [4.78, 5) is 12.4. The maximum atomic E-state index is 13.1. The Kier molecular flexibility index (Phi) is 6.08. The Morgan fingerprint density at radius 1 is 1.27 bits per heavy atom. The number of alkyl halides is 3. The highest BCUT2D eigenvalue weighted by Crippen LogP contribution is 2.22. The lowest BCUT2D eigenvalue weighted by Crippen LogP contribution is -2.43. The van der Waals surface area contributed by atoms with Gasteiger partial charge in [-0.2, -0.15) is 13.2 Å². The van der Waals surface area contributed by atoms with Gasteiger partial charge in [-0.15, -0.1) is 10.2 Å². The van der Waals surface area contributed by atoms with Crippen molar-refractivity contribution in [2.24, 2.45) is 0 Å². The number of hydrogen-bond donors (Lipinski definition) is 2. The molecule has 1 aromatic carbocycles. The number of halogens is 5. The number of anilines is 1. The molecule has 142 valence electrons. The van der Waals surface area contributed by atoms with Crippen molar-refractivity contribution in [1.29, 1.82) is 0 Å². The molecular weight excluding hydrogens is 383 g/mol. The highest BCUT2D eigenvalue weighted by atomic mass is 32.1. The number of carbonyl (C=O) groups is 1. The molecule has 0 bridgehead atoms. The number of carbonyl (C=O) groups excluding carboxylic acids is 1. The zero-order chi connectivity index (χ0) is 19.5. The fourth-order valence-corrected chi connectivity index (χ4v) is 2.66. The lowest BCUT2D eigenvalue weighted by Gasteiger charge is -2.22. The van der Waals surface area contributed by atoms with Crippen molar-refractivity contribution < 1.29 is 31.9 Å². The molecule has 12 heteroatoms. The summed E-state index contributed by atoms with van der Waals surface area (Å²) < 4.78 is 63.2. The van der Waals surface area contributed by atoms with Crippen LogP contribution in [0.3, 0.4) is 0 Å². The van der Waals surface area contributed by atoms with Gasteiger partial charge >= 0.3 is 12.2 Å². The van der Waals surface area contributed by atoms with Crippen LogP contribution in [0.1, 0.15) is 10.6 Å². The van der Waals surface area contributed by atoms with Gasteiger partial charge in [-0.3, -0.25) is 5.32 Å². The molecule has 1 aromatic heterocycles. The maximum Gasteiger partial charge on any atom is 0.416 e. The lowest BCUT2D eigenvalue weighted by molar-refractivity contribution is -0.205. The van der Waals surface area contributed by atoms with Crippen LogP contribution in [0.25, 0.3) is 0 Å². The minimum atomic E-state index is -4.84. The summed E-state index contributed by atoms with van der Waals surface area (Å²) in [7, 11) is 1.07. The number of urea groups is 1. The fraction of sp³-hybridized carbons (Fsp3) is 0.357. The van der Waals surface area contributed by atoms with E-state index >= 15 is 0 Å². The molecule has 0 aliphatic heterocycles. The monoisotopic (exact) mass is 396 g/mol. The van der Waals surface area contributed by atoms with E-state index in [-0.39, 0.29) is 11.6 Å². The van der Waals surface area contributed by atoms with Gasteiger partial charge in [-0.25, -0.2) is 13.6 Å². The lowest BCUT2D eigenvalue weighted by atomic mass is 10.1. The topological polar surface area (TPSA) is 78.4 Å². The molecule has 0 saturated carbocycles. The van der Waals surface area contributed by atoms with E-state index in [2.05, 4.69) is 15.5 Å². The highest BCUT2D eigenvalue weighted by molar-refractivity contribution is 7.15. The first-order valence-corrected chi connectivity index (χ1v) is 7.90. The Morgan fingerprint density at radius 2 is 1.88 bits per heavy atom. The van der Waals surface area contributed by atoms with E-state index in [4.69, 9.17) is 5.11 Å². The summed E-state index contributed by atoms with van der Waals surface area (Å²) in [5, 5.41) is 18.9.